The Bertz CT molecular complexity index is 1520. The van der Waals surface area contributed by atoms with Crippen molar-refractivity contribution < 1.29 is 4.52 Å². The van der Waals surface area contributed by atoms with Crippen LogP contribution in [0.25, 0.3) is 44.4 Å². The maximum atomic E-state index is 12.8. The molecule has 142 valence electrons. The molecule has 3 aromatic heterocycles. The van der Waals surface area contributed by atoms with Gasteiger partial charge in [0.05, 0.1) is 16.5 Å². The van der Waals surface area contributed by atoms with Crippen LogP contribution in [0.1, 0.15) is 0 Å². The molecular weight excluding hydrogens is 438 g/mol. The van der Waals surface area contributed by atoms with E-state index in [1.165, 1.54) is 0 Å². The number of nitrogens with zero attached hydrogens (tertiary/aromatic N) is 2. The highest BCUT2D eigenvalue weighted by Crippen LogP contribution is 2.40. The lowest BCUT2D eigenvalue weighted by Gasteiger charge is -2.10. The van der Waals surface area contributed by atoms with Gasteiger partial charge < -0.3 is 10.3 Å². The number of anilines is 1. The summed E-state index contributed by atoms with van der Waals surface area (Å²) in [7, 11) is 0. The molecule has 0 saturated heterocycles. The SMILES string of the molecule is Nc1[nH]c(=O)[nH]c(=O)c1-c1c2cc(Br)ccc2nc2onc(-c3ccccc3)c12. The molecule has 4 N–H and O–H groups in total. The van der Waals surface area contributed by atoms with E-state index in [1.807, 2.05) is 42.5 Å². The van der Waals surface area contributed by atoms with Crippen LogP contribution in [0.5, 0.6) is 0 Å². The van der Waals surface area contributed by atoms with Crippen LogP contribution in [-0.2, 0) is 0 Å². The maximum absolute atomic E-state index is 12.8. The Morgan fingerprint density at radius 3 is 2.55 bits per heavy atom. The first-order valence-corrected chi connectivity index (χ1v) is 9.39. The third kappa shape index (κ3) is 2.74. The second kappa shape index (κ2) is 6.42. The van der Waals surface area contributed by atoms with Gasteiger partial charge in [-0.1, -0.05) is 51.4 Å². The Labute approximate surface area is 170 Å². The fourth-order valence-corrected chi connectivity index (χ4v) is 3.80. The molecule has 8 nitrogen and oxygen atoms in total. The summed E-state index contributed by atoms with van der Waals surface area (Å²) in [5.74, 6) is -0.0484. The fourth-order valence-electron chi connectivity index (χ4n) is 3.44. The van der Waals surface area contributed by atoms with E-state index in [4.69, 9.17) is 10.3 Å². The Kier molecular flexibility index (Phi) is 3.85. The molecule has 5 rings (SSSR count). The van der Waals surface area contributed by atoms with Crippen molar-refractivity contribution in [3.05, 3.63) is 73.8 Å². The minimum Gasteiger partial charge on any atom is -0.384 e. The molecule has 0 atom stereocenters. The first-order chi connectivity index (χ1) is 14.0. The zero-order chi connectivity index (χ0) is 20.1. The number of halogens is 1. The normalized spacial score (nSPS) is 11.3. The Morgan fingerprint density at radius 1 is 1.00 bits per heavy atom. The largest absolute Gasteiger partial charge is 0.384 e. The number of nitrogens with two attached hydrogens (primary N) is 1. The van der Waals surface area contributed by atoms with Gasteiger partial charge in [0.2, 0.25) is 0 Å². The molecule has 0 fully saturated rings. The van der Waals surface area contributed by atoms with E-state index in [1.54, 1.807) is 6.07 Å². The first-order valence-electron chi connectivity index (χ1n) is 8.59. The van der Waals surface area contributed by atoms with Gasteiger partial charge in [-0.3, -0.25) is 14.8 Å². The van der Waals surface area contributed by atoms with Gasteiger partial charge in [-0.25, -0.2) is 9.78 Å². The number of rotatable bonds is 2. The third-order valence-electron chi connectivity index (χ3n) is 4.64. The number of nitrogen functional groups attached to an aromatic ring is 1. The lowest BCUT2D eigenvalue weighted by Crippen LogP contribution is -2.25. The van der Waals surface area contributed by atoms with Gasteiger partial charge in [0.1, 0.15) is 11.5 Å². The van der Waals surface area contributed by atoms with Gasteiger partial charge >= 0.3 is 5.69 Å². The molecule has 3 heterocycles. The quantitative estimate of drug-likeness (QED) is 0.378. The zero-order valence-corrected chi connectivity index (χ0v) is 16.3. The Morgan fingerprint density at radius 2 is 1.79 bits per heavy atom. The van der Waals surface area contributed by atoms with Crippen molar-refractivity contribution >= 4 is 43.8 Å². The summed E-state index contributed by atoms with van der Waals surface area (Å²) in [6, 6.07) is 14.9. The van der Waals surface area contributed by atoms with Crippen LogP contribution >= 0.6 is 15.9 Å². The highest BCUT2D eigenvalue weighted by Gasteiger charge is 2.24. The minimum atomic E-state index is -0.680. The highest BCUT2D eigenvalue weighted by atomic mass is 79.9. The lowest BCUT2D eigenvalue weighted by atomic mass is 9.96. The number of H-pyrrole nitrogens is 2. The maximum Gasteiger partial charge on any atom is 0.327 e. The third-order valence-corrected chi connectivity index (χ3v) is 5.14. The van der Waals surface area contributed by atoms with E-state index in [0.29, 0.717) is 27.5 Å². The molecule has 5 aromatic rings. The summed E-state index contributed by atoms with van der Waals surface area (Å²) in [6.07, 6.45) is 0. The number of fused-ring (bicyclic) bond motifs is 2. The van der Waals surface area contributed by atoms with Crippen molar-refractivity contribution in [3.63, 3.8) is 0 Å². The average molecular weight is 450 g/mol. The van der Waals surface area contributed by atoms with Crippen molar-refractivity contribution in [1.29, 1.82) is 0 Å². The van der Waals surface area contributed by atoms with Gasteiger partial charge in [0.15, 0.2) is 0 Å². The van der Waals surface area contributed by atoms with Crippen LogP contribution in [0.2, 0.25) is 0 Å². The van der Waals surface area contributed by atoms with E-state index in [9.17, 15) is 9.59 Å². The van der Waals surface area contributed by atoms with Crippen molar-refractivity contribution in [2.75, 3.05) is 5.73 Å². The van der Waals surface area contributed by atoms with Gasteiger partial charge in [-0.05, 0) is 18.2 Å². The minimum absolute atomic E-state index is 0.0484. The van der Waals surface area contributed by atoms with Crippen LogP contribution in [0.15, 0.2) is 67.1 Å². The summed E-state index contributed by atoms with van der Waals surface area (Å²) >= 11 is 3.46. The van der Waals surface area contributed by atoms with Crippen molar-refractivity contribution in [2.45, 2.75) is 0 Å². The van der Waals surface area contributed by atoms with E-state index in [2.05, 4.69) is 36.0 Å². The number of benzene rings is 2. The predicted octanol–water partition coefficient (Wildman–Crippen LogP) is 3.43. The van der Waals surface area contributed by atoms with Crippen LogP contribution in [0.4, 0.5) is 5.82 Å². The molecule has 0 amide bonds. The zero-order valence-electron chi connectivity index (χ0n) is 14.7. The van der Waals surface area contributed by atoms with E-state index < -0.39 is 11.2 Å². The number of pyridine rings is 1. The topological polar surface area (TPSA) is 131 Å². The van der Waals surface area contributed by atoms with Crippen LogP contribution in [-0.4, -0.2) is 20.1 Å². The molecule has 0 aliphatic heterocycles. The predicted molar refractivity (Wildman–Crippen MR) is 114 cm³/mol. The second-order valence-electron chi connectivity index (χ2n) is 6.42. The molecule has 9 heteroatoms. The molecule has 0 unspecified atom stereocenters. The van der Waals surface area contributed by atoms with Crippen molar-refractivity contribution in [3.8, 4) is 22.4 Å². The smallest absolute Gasteiger partial charge is 0.327 e. The molecule has 0 saturated carbocycles. The molecule has 0 bridgehead atoms. The molecular formula is C20H12BrN5O3. The van der Waals surface area contributed by atoms with Crippen LogP contribution in [0, 0.1) is 0 Å². The van der Waals surface area contributed by atoms with Gasteiger partial charge in [0, 0.05) is 21.0 Å². The fraction of sp³-hybridized carbons (Fsp3) is 0. The monoisotopic (exact) mass is 449 g/mol. The number of hydrogen-bond donors (Lipinski definition) is 3. The van der Waals surface area contributed by atoms with E-state index >= 15 is 0 Å². The van der Waals surface area contributed by atoms with Crippen LogP contribution in [0.3, 0.4) is 0 Å². The summed E-state index contributed by atoms with van der Waals surface area (Å²) in [6.45, 7) is 0. The van der Waals surface area contributed by atoms with Crippen LogP contribution < -0.4 is 17.0 Å². The lowest BCUT2D eigenvalue weighted by molar-refractivity contribution is 0.452. The Hall–Kier alpha value is -3.72. The van der Waals surface area contributed by atoms with Gasteiger partial charge in [-0.15, -0.1) is 0 Å². The number of nitrogens with one attached hydrogen (secondary N) is 2. The summed E-state index contributed by atoms with van der Waals surface area (Å²) < 4.78 is 6.31. The molecule has 2 aromatic carbocycles. The number of aromatic nitrogens is 4. The van der Waals surface area contributed by atoms with Crippen molar-refractivity contribution in [1.82, 2.24) is 20.1 Å². The van der Waals surface area contributed by atoms with E-state index in [-0.39, 0.29) is 17.1 Å². The molecule has 29 heavy (non-hydrogen) atoms. The second-order valence-corrected chi connectivity index (χ2v) is 7.34. The van der Waals surface area contributed by atoms with Crippen molar-refractivity contribution in [2.24, 2.45) is 0 Å². The molecule has 0 radical (unpaired) electrons. The summed E-state index contributed by atoms with van der Waals surface area (Å²) in [4.78, 5) is 33.7. The summed E-state index contributed by atoms with van der Waals surface area (Å²) in [5, 5.41) is 5.40. The number of hydrogen-bond acceptors (Lipinski definition) is 6. The summed E-state index contributed by atoms with van der Waals surface area (Å²) in [5.41, 5.74) is 7.57. The molecule has 0 aliphatic carbocycles. The van der Waals surface area contributed by atoms with Gasteiger partial charge in [0.25, 0.3) is 11.3 Å². The standard InChI is InChI=1S/C20H12BrN5O3/c21-10-6-7-12-11(8-10)13(15-17(22)24-20(28)25-18(15)27)14-16(26-29-19(14)23-12)9-4-2-1-3-5-9/h1-8H,(H4,22,24,25,27,28). The molecule has 0 spiro atoms. The Balaban J connectivity index is 2.04. The molecule has 0 aliphatic rings. The first kappa shape index (κ1) is 17.4. The highest BCUT2D eigenvalue weighted by molar-refractivity contribution is 9.10. The average Bonchev–Trinajstić information content (AvgIpc) is 3.11. The van der Waals surface area contributed by atoms with E-state index in [0.717, 1.165) is 10.0 Å². The number of aromatic amines is 2. The van der Waals surface area contributed by atoms with Gasteiger partial charge in [-0.2, -0.15) is 0 Å².